The summed E-state index contributed by atoms with van der Waals surface area (Å²) < 4.78 is 246. The minimum absolute atomic E-state index is 0.0759. The quantitative estimate of drug-likeness (QED) is 0.0797. The zero-order chi connectivity index (χ0) is 49.7. The third-order valence-corrected chi connectivity index (χ3v) is 15.5. The Labute approximate surface area is 379 Å². The van der Waals surface area contributed by atoms with Crippen molar-refractivity contribution in [1.82, 2.24) is 8.43 Å². The lowest BCUT2D eigenvalue weighted by molar-refractivity contribution is -0.145. The predicted octanol–water partition coefficient (Wildman–Crippen LogP) is 12.5. The molecule has 0 aromatic heterocycles. The van der Waals surface area contributed by atoms with E-state index in [1.54, 1.807) is 0 Å². The van der Waals surface area contributed by atoms with E-state index in [0.717, 1.165) is 18.9 Å². The smallest absolute Gasteiger partial charge is 0.505 e. The zero-order valence-electron chi connectivity index (χ0n) is 35.9. The maximum Gasteiger partial charge on any atom is 0.580 e. The van der Waals surface area contributed by atoms with E-state index >= 15 is 16.8 Å². The van der Waals surface area contributed by atoms with Crippen LogP contribution in [0, 0.1) is 23.7 Å². The van der Waals surface area contributed by atoms with Crippen LogP contribution in [0.1, 0.15) is 92.4 Å². The van der Waals surface area contributed by atoms with E-state index in [4.69, 9.17) is 9.39 Å². The van der Waals surface area contributed by atoms with Gasteiger partial charge in [0.05, 0.1) is 50.7 Å². The van der Waals surface area contributed by atoms with Gasteiger partial charge in [0.1, 0.15) is 0 Å². The number of allylic oxidation sites excluding steroid dienone is 1. The van der Waals surface area contributed by atoms with Crippen LogP contribution in [0.25, 0.3) is 0 Å². The molecule has 23 heteroatoms. The van der Waals surface area contributed by atoms with Crippen molar-refractivity contribution in [2.24, 2.45) is 23.7 Å². The second kappa shape index (κ2) is 19.0. The minimum Gasteiger partial charge on any atom is -0.505 e. The molecule has 1 aliphatic heterocycles. The van der Waals surface area contributed by atoms with E-state index in [-0.39, 0.29) is 86.2 Å². The van der Waals surface area contributed by atoms with Crippen molar-refractivity contribution in [2.45, 2.75) is 93.5 Å². The average molecular weight is 999 g/mol. The highest BCUT2D eigenvalue weighted by Gasteiger charge is 2.64. The highest BCUT2D eigenvalue weighted by molar-refractivity contribution is 7.92. The summed E-state index contributed by atoms with van der Waals surface area (Å²) >= 11 is 0. The monoisotopic (exact) mass is 998 g/mol. The highest BCUT2D eigenvalue weighted by Crippen LogP contribution is 2.53. The fourth-order valence-corrected chi connectivity index (χ4v) is 12.2. The van der Waals surface area contributed by atoms with Crippen molar-refractivity contribution in [3.8, 4) is 0 Å². The number of nitrogens with zero attached hydrogens (tertiary/aromatic N) is 2. The van der Waals surface area contributed by atoms with Gasteiger partial charge in [0, 0.05) is 0 Å². The van der Waals surface area contributed by atoms with Gasteiger partial charge in [0.25, 0.3) is 5.95 Å². The number of sulfonamides is 2. The molecule has 4 aromatic carbocycles. The topological polar surface area (TPSA) is 93.2 Å². The summed E-state index contributed by atoms with van der Waals surface area (Å²) in [6.07, 6.45) is -19.0. The SMILES string of the molecule is C/C=C(\OC[C@H]1C[C@H](C)CC[C@H]1C(C)C)OB1N(S(=O)(=O)c2cc(C(F)(F)F)cc(C(F)(F)F)c2)[C@H](c2ccccc2)[C@@H](c2ccccc2)N1S(=O)(=O)c1cc(C(F)(F)F)cc(C(F)(F)F)c1. The van der Waals surface area contributed by atoms with Gasteiger partial charge in [0.15, 0.2) is 0 Å². The minimum atomic E-state index is -5.99. The van der Waals surface area contributed by atoms with Crippen LogP contribution >= 0.6 is 0 Å². The van der Waals surface area contributed by atoms with Gasteiger partial charge in [-0.3, -0.25) is 0 Å². The molecule has 4 aromatic rings. The Morgan fingerprint density at radius 2 is 1.01 bits per heavy atom. The molecular weight excluding hydrogens is 955 g/mol. The largest absolute Gasteiger partial charge is 0.580 e. The second-order valence-electron chi connectivity index (χ2n) is 16.8. The molecule has 0 radical (unpaired) electrons. The van der Waals surface area contributed by atoms with Crippen molar-refractivity contribution in [1.29, 1.82) is 0 Å². The molecule has 0 spiro atoms. The number of alkyl halides is 12. The molecule has 1 aliphatic carbocycles. The maximum absolute atomic E-state index is 15.3. The van der Waals surface area contributed by atoms with Gasteiger partial charge >= 0.3 is 31.9 Å². The number of ether oxygens (including phenoxy) is 1. The Balaban J connectivity index is 1.69. The molecule has 0 bridgehead atoms. The van der Waals surface area contributed by atoms with E-state index < -0.39 is 102 Å². The van der Waals surface area contributed by atoms with Crippen LogP contribution in [0.4, 0.5) is 52.7 Å². The van der Waals surface area contributed by atoms with Crippen molar-refractivity contribution in [3.63, 3.8) is 0 Å². The van der Waals surface area contributed by atoms with E-state index in [1.165, 1.54) is 67.6 Å². The van der Waals surface area contributed by atoms with Gasteiger partial charge in [-0.25, -0.2) is 16.8 Å². The van der Waals surface area contributed by atoms with Crippen LogP contribution in [-0.4, -0.2) is 39.1 Å². The van der Waals surface area contributed by atoms with Crippen LogP contribution < -0.4 is 0 Å². The van der Waals surface area contributed by atoms with Crippen LogP contribution in [-0.2, 0) is 54.1 Å². The summed E-state index contributed by atoms with van der Waals surface area (Å²) in [4.78, 5) is -3.35. The molecule has 0 amide bonds. The highest BCUT2D eigenvalue weighted by atomic mass is 32.2. The first kappa shape index (κ1) is 51.7. The third kappa shape index (κ3) is 11.1. The first-order chi connectivity index (χ1) is 31.0. The molecule has 8 nitrogen and oxygen atoms in total. The van der Waals surface area contributed by atoms with Crippen molar-refractivity contribution < 1.29 is 78.9 Å². The lowest BCUT2D eigenvalue weighted by Crippen LogP contribution is -2.51. The Morgan fingerprint density at radius 3 is 1.34 bits per heavy atom. The van der Waals surface area contributed by atoms with E-state index in [9.17, 15) is 52.7 Å². The van der Waals surface area contributed by atoms with Gasteiger partial charge < -0.3 is 9.39 Å². The van der Waals surface area contributed by atoms with Crippen molar-refractivity contribution in [2.75, 3.05) is 6.61 Å². The van der Waals surface area contributed by atoms with E-state index in [0.29, 0.717) is 6.42 Å². The van der Waals surface area contributed by atoms with Crippen LogP contribution in [0.5, 0.6) is 0 Å². The summed E-state index contributed by atoms with van der Waals surface area (Å²) in [6, 6.07) is 7.65. The number of halogens is 12. The number of hydrogen-bond donors (Lipinski definition) is 0. The molecule has 5 atom stereocenters. The lowest BCUT2D eigenvalue weighted by atomic mass is 9.70. The molecule has 2 fully saturated rings. The fraction of sp³-hybridized carbons (Fsp3) is 0.409. The Kier molecular flexibility index (Phi) is 14.6. The fourth-order valence-electron chi connectivity index (χ4n) is 8.73. The summed E-state index contributed by atoms with van der Waals surface area (Å²) in [5.74, 6) is -0.403. The van der Waals surface area contributed by atoms with Gasteiger partial charge in [-0.1, -0.05) is 87.9 Å². The Hall–Kier alpha value is -4.74. The molecule has 67 heavy (non-hydrogen) atoms. The summed E-state index contributed by atoms with van der Waals surface area (Å²) in [5, 5.41) is 0. The summed E-state index contributed by atoms with van der Waals surface area (Å²) in [6.45, 7) is 7.11. The van der Waals surface area contributed by atoms with Crippen LogP contribution in [0.15, 0.2) is 119 Å². The molecule has 0 N–H and O–H groups in total. The van der Waals surface area contributed by atoms with E-state index in [2.05, 4.69) is 0 Å². The number of rotatable bonds is 12. The molecule has 1 saturated heterocycles. The van der Waals surface area contributed by atoms with Gasteiger partial charge in [-0.15, -0.1) is 0 Å². The average Bonchev–Trinajstić information content (AvgIpc) is 3.60. The van der Waals surface area contributed by atoms with Gasteiger partial charge in [-0.2, -0.15) is 61.1 Å². The van der Waals surface area contributed by atoms with Crippen LogP contribution in [0.3, 0.4) is 0 Å². The number of benzene rings is 4. The number of hydrogen-bond acceptors (Lipinski definition) is 6. The normalized spacial score (nSPS) is 22.1. The maximum atomic E-state index is 15.3. The van der Waals surface area contributed by atoms with Gasteiger partial charge in [0.2, 0.25) is 20.0 Å². The molecular formula is C44H43BF12N2O6S2. The second-order valence-corrected chi connectivity index (χ2v) is 20.5. The molecule has 1 saturated carbocycles. The van der Waals surface area contributed by atoms with Crippen LogP contribution in [0.2, 0.25) is 0 Å². The Morgan fingerprint density at radius 1 is 0.642 bits per heavy atom. The molecule has 2 aliphatic rings. The third-order valence-electron chi connectivity index (χ3n) is 11.9. The summed E-state index contributed by atoms with van der Waals surface area (Å²) in [7, 11) is -14.8. The van der Waals surface area contributed by atoms with E-state index in [1.807, 2.05) is 20.8 Å². The Bertz CT molecular complexity index is 2430. The van der Waals surface area contributed by atoms with Crippen molar-refractivity contribution >= 4 is 27.2 Å². The van der Waals surface area contributed by atoms with Crippen molar-refractivity contribution in [3.05, 3.63) is 142 Å². The predicted molar refractivity (Wildman–Crippen MR) is 221 cm³/mol. The molecule has 6 rings (SSSR count). The molecule has 364 valence electrons. The lowest BCUT2D eigenvalue weighted by Gasteiger charge is -2.37. The van der Waals surface area contributed by atoms with Gasteiger partial charge in [-0.05, 0) is 97.0 Å². The standard InChI is InChI=1S/C44H43BF12N2O6S2/c1-5-38(64-25-30-18-27(4)16-17-37(30)26(2)3)65-45-58(66(60,61)35-21-31(41(46,47)48)19-32(22-35)42(49,50)51)39(28-12-8-6-9-13-28)40(29-14-10-7-11-15-29)59(45)67(62,63)36-23-33(43(52,53)54)20-34(24-36)44(55,56)57/h5-15,19-24,26-27,30,37,39-40H,16-18,25H2,1-4H3/b38-5+/t27-,30-,37+,39-,40-/m1/s1. The first-order valence-corrected chi connectivity index (χ1v) is 23.6. The molecule has 0 unspecified atom stereocenters. The first-order valence-electron chi connectivity index (χ1n) is 20.7. The summed E-state index contributed by atoms with van der Waals surface area (Å²) in [5.41, 5.74) is -8.71. The molecule has 1 heterocycles. The zero-order valence-corrected chi connectivity index (χ0v) is 37.5.